The van der Waals surface area contributed by atoms with E-state index in [0.29, 0.717) is 0 Å². The summed E-state index contributed by atoms with van der Waals surface area (Å²) < 4.78 is 5.64. The molecule has 0 unspecified atom stereocenters. The summed E-state index contributed by atoms with van der Waals surface area (Å²) in [5.74, 6) is 1.03. The summed E-state index contributed by atoms with van der Waals surface area (Å²) in [5, 5.41) is 3.41. The van der Waals surface area contributed by atoms with E-state index in [1.807, 2.05) is 13.0 Å². The molecule has 0 bridgehead atoms. The highest BCUT2D eigenvalue weighted by molar-refractivity contribution is 5.65. The normalized spacial score (nSPS) is 17.4. The fourth-order valence-corrected chi connectivity index (χ4v) is 2.06. The lowest BCUT2D eigenvalue weighted by atomic mass is 9.86. The second-order valence-electron chi connectivity index (χ2n) is 4.35. The maximum absolute atomic E-state index is 5.64. The van der Waals surface area contributed by atoms with E-state index >= 15 is 0 Å². The Morgan fingerprint density at radius 1 is 1.43 bits per heavy atom. The van der Waals surface area contributed by atoms with Crippen molar-refractivity contribution in [3.8, 4) is 5.75 Å². The largest absolute Gasteiger partial charge is 0.493 e. The second kappa shape index (κ2) is 3.19. The highest BCUT2D eigenvalue weighted by atomic mass is 16.5. The number of fused-ring (bicyclic) bond motifs is 1. The molecule has 0 saturated carbocycles. The molecule has 0 aromatic heterocycles. The van der Waals surface area contributed by atoms with Gasteiger partial charge in [-0.3, -0.25) is 0 Å². The predicted octanol–water partition coefficient (Wildman–Crippen LogP) is 2.79. The maximum Gasteiger partial charge on any atom is 0.125 e. The summed E-state index contributed by atoms with van der Waals surface area (Å²) in [6, 6.07) is 6.21. The van der Waals surface area contributed by atoms with Crippen LogP contribution in [0.3, 0.4) is 0 Å². The van der Waals surface area contributed by atoms with E-state index in [0.717, 1.165) is 18.9 Å². The van der Waals surface area contributed by atoms with Crippen LogP contribution < -0.4 is 10.1 Å². The zero-order valence-electron chi connectivity index (χ0n) is 9.05. The first kappa shape index (κ1) is 9.38. The van der Waals surface area contributed by atoms with Crippen LogP contribution in [0.25, 0.3) is 0 Å². The van der Waals surface area contributed by atoms with Crippen LogP contribution in [0, 0.1) is 0 Å². The fraction of sp³-hybridized carbons (Fsp3) is 0.500. The molecule has 1 aliphatic heterocycles. The van der Waals surface area contributed by atoms with Gasteiger partial charge >= 0.3 is 0 Å². The summed E-state index contributed by atoms with van der Waals surface area (Å²) in [7, 11) is 0. The van der Waals surface area contributed by atoms with Crippen LogP contribution in [0.15, 0.2) is 18.2 Å². The molecular weight excluding hydrogens is 174 g/mol. The Morgan fingerprint density at radius 2 is 2.21 bits per heavy atom. The zero-order valence-corrected chi connectivity index (χ0v) is 9.05. The average molecular weight is 191 g/mol. The highest BCUT2D eigenvalue weighted by Crippen LogP contribution is 2.42. The van der Waals surface area contributed by atoms with E-state index in [2.05, 4.69) is 31.3 Å². The number of ether oxygens (including phenoxy) is 1. The Kier molecular flexibility index (Phi) is 2.14. The monoisotopic (exact) mass is 191 g/mol. The molecule has 2 nitrogen and oxygen atoms in total. The lowest BCUT2D eigenvalue weighted by molar-refractivity contribution is 0.331. The third-order valence-corrected chi connectivity index (χ3v) is 2.72. The predicted molar refractivity (Wildman–Crippen MR) is 59.1 cm³/mol. The molecule has 1 aromatic rings. The van der Waals surface area contributed by atoms with Crippen molar-refractivity contribution in [2.24, 2.45) is 0 Å². The van der Waals surface area contributed by atoms with Gasteiger partial charge in [0.05, 0.1) is 6.61 Å². The van der Waals surface area contributed by atoms with Gasteiger partial charge in [0.1, 0.15) is 5.75 Å². The summed E-state index contributed by atoms with van der Waals surface area (Å²) in [5.41, 5.74) is 2.73. The van der Waals surface area contributed by atoms with Gasteiger partial charge in [0.15, 0.2) is 0 Å². The molecule has 2 heteroatoms. The van der Waals surface area contributed by atoms with Crippen molar-refractivity contribution in [2.45, 2.75) is 26.2 Å². The fourth-order valence-electron chi connectivity index (χ4n) is 2.06. The van der Waals surface area contributed by atoms with Crippen LogP contribution in [0.2, 0.25) is 0 Å². The standard InChI is InChI=1S/C12H17NO/c1-4-14-10-7-5-6-9-11(10)12(2,3)8-13-9/h5-7,13H,4,8H2,1-3H3. The van der Waals surface area contributed by atoms with Gasteiger partial charge in [-0.2, -0.15) is 0 Å². The zero-order chi connectivity index (χ0) is 10.2. The lowest BCUT2D eigenvalue weighted by Crippen LogP contribution is -2.19. The van der Waals surface area contributed by atoms with Gasteiger partial charge in [0.25, 0.3) is 0 Å². The topological polar surface area (TPSA) is 21.3 Å². The molecule has 1 heterocycles. The lowest BCUT2D eigenvalue weighted by Gasteiger charge is -2.20. The van der Waals surface area contributed by atoms with Crippen molar-refractivity contribution in [3.63, 3.8) is 0 Å². The first-order chi connectivity index (χ1) is 6.65. The first-order valence-electron chi connectivity index (χ1n) is 5.15. The Balaban J connectivity index is 2.49. The van der Waals surface area contributed by atoms with Crippen LogP contribution in [0.5, 0.6) is 5.75 Å². The molecule has 0 fully saturated rings. The van der Waals surface area contributed by atoms with Gasteiger partial charge in [-0.15, -0.1) is 0 Å². The van der Waals surface area contributed by atoms with Gasteiger partial charge in [-0.1, -0.05) is 19.9 Å². The van der Waals surface area contributed by atoms with Crippen LogP contribution >= 0.6 is 0 Å². The number of anilines is 1. The van der Waals surface area contributed by atoms with Crippen molar-refractivity contribution in [3.05, 3.63) is 23.8 Å². The number of hydrogen-bond donors (Lipinski definition) is 1. The van der Waals surface area contributed by atoms with Crippen molar-refractivity contribution in [1.29, 1.82) is 0 Å². The minimum absolute atomic E-state index is 0.182. The molecule has 0 aliphatic carbocycles. The molecule has 0 atom stereocenters. The van der Waals surface area contributed by atoms with E-state index in [1.165, 1.54) is 11.3 Å². The van der Waals surface area contributed by atoms with Crippen LogP contribution in [0.1, 0.15) is 26.3 Å². The first-order valence-corrected chi connectivity index (χ1v) is 5.15. The van der Waals surface area contributed by atoms with E-state index in [-0.39, 0.29) is 5.41 Å². The molecule has 0 amide bonds. The smallest absolute Gasteiger partial charge is 0.125 e. The SMILES string of the molecule is CCOc1cccc2c1C(C)(C)CN2. The molecular formula is C12H17NO. The Bertz CT molecular complexity index is 344. The molecule has 1 aliphatic rings. The Labute approximate surface area is 85.3 Å². The number of nitrogens with one attached hydrogen (secondary N) is 1. The number of hydrogen-bond acceptors (Lipinski definition) is 2. The molecule has 0 spiro atoms. The molecule has 14 heavy (non-hydrogen) atoms. The molecule has 1 N–H and O–H groups in total. The number of benzene rings is 1. The van der Waals surface area contributed by atoms with Crippen LogP contribution in [0.4, 0.5) is 5.69 Å². The van der Waals surface area contributed by atoms with E-state index < -0.39 is 0 Å². The molecule has 1 aromatic carbocycles. The average Bonchev–Trinajstić information content (AvgIpc) is 2.44. The van der Waals surface area contributed by atoms with Gasteiger partial charge in [-0.05, 0) is 19.1 Å². The Morgan fingerprint density at radius 3 is 2.93 bits per heavy atom. The minimum atomic E-state index is 0.182. The van der Waals surface area contributed by atoms with Gasteiger partial charge in [0, 0.05) is 23.2 Å². The van der Waals surface area contributed by atoms with Crippen molar-refractivity contribution in [1.82, 2.24) is 0 Å². The van der Waals surface area contributed by atoms with Gasteiger partial charge in [0.2, 0.25) is 0 Å². The molecule has 0 saturated heterocycles. The van der Waals surface area contributed by atoms with E-state index in [1.54, 1.807) is 0 Å². The summed E-state index contributed by atoms with van der Waals surface area (Å²) in [6.07, 6.45) is 0. The molecule has 2 rings (SSSR count). The van der Waals surface area contributed by atoms with Crippen LogP contribution in [-0.4, -0.2) is 13.2 Å². The van der Waals surface area contributed by atoms with E-state index in [9.17, 15) is 0 Å². The van der Waals surface area contributed by atoms with Crippen molar-refractivity contribution < 1.29 is 4.74 Å². The highest BCUT2D eigenvalue weighted by Gasteiger charge is 2.32. The van der Waals surface area contributed by atoms with Crippen LogP contribution in [-0.2, 0) is 5.41 Å². The van der Waals surface area contributed by atoms with Crippen molar-refractivity contribution >= 4 is 5.69 Å². The minimum Gasteiger partial charge on any atom is -0.493 e. The van der Waals surface area contributed by atoms with Crippen molar-refractivity contribution in [2.75, 3.05) is 18.5 Å². The third-order valence-electron chi connectivity index (χ3n) is 2.72. The van der Waals surface area contributed by atoms with Gasteiger partial charge in [-0.25, -0.2) is 0 Å². The van der Waals surface area contributed by atoms with E-state index in [4.69, 9.17) is 4.74 Å². The Hall–Kier alpha value is -1.18. The quantitative estimate of drug-likeness (QED) is 0.776. The summed E-state index contributed by atoms with van der Waals surface area (Å²) >= 11 is 0. The summed E-state index contributed by atoms with van der Waals surface area (Å²) in [4.78, 5) is 0. The summed E-state index contributed by atoms with van der Waals surface area (Å²) in [6.45, 7) is 8.23. The molecule has 76 valence electrons. The maximum atomic E-state index is 5.64. The third kappa shape index (κ3) is 1.35. The molecule has 0 radical (unpaired) electrons. The second-order valence-corrected chi connectivity index (χ2v) is 4.35. The number of rotatable bonds is 2. The van der Waals surface area contributed by atoms with Gasteiger partial charge < -0.3 is 10.1 Å².